The predicted octanol–water partition coefficient (Wildman–Crippen LogP) is 1.87. The van der Waals surface area contributed by atoms with Gasteiger partial charge in [0.1, 0.15) is 5.60 Å². The average Bonchev–Trinajstić information content (AvgIpc) is 2.46. The van der Waals surface area contributed by atoms with Gasteiger partial charge in [-0.2, -0.15) is 5.10 Å². The maximum Gasteiger partial charge on any atom is 0.101 e. The number of hydrogen-bond acceptors (Lipinski definition) is 2. The van der Waals surface area contributed by atoms with Gasteiger partial charge in [-0.15, -0.1) is 0 Å². The van der Waals surface area contributed by atoms with Gasteiger partial charge in [0.25, 0.3) is 0 Å². The summed E-state index contributed by atoms with van der Waals surface area (Å²) in [6.45, 7) is 5.54. The number of nitrogens with zero attached hydrogens (tertiary/aromatic N) is 2. The second kappa shape index (κ2) is 2.82. The van der Waals surface area contributed by atoms with Crippen LogP contribution in [0.15, 0.2) is 24.4 Å². The zero-order chi connectivity index (χ0) is 10.3. The van der Waals surface area contributed by atoms with Gasteiger partial charge in [0, 0.05) is 0 Å². The molecule has 0 radical (unpaired) electrons. The lowest BCUT2D eigenvalue weighted by Gasteiger charge is -2.18. The molecule has 0 saturated carbocycles. The highest BCUT2D eigenvalue weighted by Gasteiger charge is 2.19. The Kier molecular flexibility index (Phi) is 1.86. The minimum atomic E-state index is -0.863. The monoisotopic (exact) mass is 190 g/mol. The first-order valence-corrected chi connectivity index (χ1v) is 4.66. The van der Waals surface area contributed by atoms with Crippen LogP contribution in [0.2, 0.25) is 0 Å². The average molecular weight is 190 g/mol. The SMILES string of the molecule is Cc1cnn2c(C(C)(C)O)cccc12. The summed E-state index contributed by atoms with van der Waals surface area (Å²) in [7, 11) is 0. The van der Waals surface area contributed by atoms with Crippen LogP contribution < -0.4 is 0 Å². The number of fused-ring (bicyclic) bond motifs is 1. The molecule has 0 aliphatic heterocycles. The van der Waals surface area contributed by atoms with Gasteiger partial charge in [0.05, 0.1) is 17.4 Å². The van der Waals surface area contributed by atoms with Gasteiger partial charge in [-0.05, 0) is 38.5 Å². The first-order valence-electron chi connectivity index (χ1n) is 4.66. The number of aryl methyl sites for hydroxylation is 1. The molecule has 3 nitrogen and oxygen atoms in total. The maximum atomic E-state index is 9.94. The molecule has 1 N–H and O–H groups in total. The molecule has 2 heterocycles. The minimum Gasteiger partial charge on any atom is -0.384 e. The Bertz CT molecular complexity index is 466. The molecule has 74 valence electrons. The number of rotatable bonds is 1. The second-order valence-corrected chi connectivity index (χ2v) is 4.09. The van der Waals surface area contributed by atoms with Crippen molar-refractivity contribution in [1.82, 2.24) is 9.61 Å². The summed E-state index contributed by atoms with van der Waals surface area (Å²) < 4.78 is 1.79. The van der Waals surface area contributed by atoms with Gasteiger partial charge >= 0.3 is 0 Å². The van der Waals surface area contributed by atoms with E-state index in [4.69, 9.17) is 0 Å². The fourth-order valence-corrected chi connectivity index (χ4v) is 1.60. The van der Waals surface area contributed by atoms with Crippen LogP contribution in [-0.4, -0.2) is 14.7 Å². The number of aromatic nitrogens is 2. The van der Waals surface area contributed by atoms with E-state index < -0.39 is 5.60 Å². The summed E-state index contributed by atoms with van der Waals surface area (Å²) in [5.74, 6) is 0. The van der Waals surface area contributed by atoms with Gasteiger partial charge in [0.2, 0.25) is 0 Å². The molecule has 0 aromatic carbocycles. The highest BCUT2D eigenvalue weighted by Crippen LogP contribution is 2.21. The lowest BCUT2D eigenvalue weighted by molar-refractivity contribution is 0.0715. The van der Waals surface area contributed by atoms with Crippen LogP contribution in [-0.2, 0) is 5.60 Å². The van der Waals surface area contributed by atoms with Crippen LogP contribution in [0.5, 0.6) is 0 Å². The van der Waals surface area contributed by atoms with Gasteiger partial charge in [-0.3, -0.25) is 0 Å². The van der Waals surface area contributed by atoms with Crippen molar-refractivity contribution in [1.29, 1.82) is 0 Å². The zero-order valence-electron chi connectivity index (χ0n) is 8.65. The fourth-order valence-electron chi connectivity index (χ4n) is 1.60. The maximum absolute atomic E-state index is 9.94. The van der Waals surface area contributed by atoms with Crippen molar-refractivity contribution in [2.45, 2.75) is 26.4 Å². The Hall–Kier alpha value is -1.35. The van der Waals surface area contributed by atoms with Crippen LogP contribution in [0, 0.1) is 6.92 Å². The molecule has 0 bridgehead atoms. The quantitative estimate of drug-likeness (QED) is 0.745. The normalized spacial score (nSPS) is 12.3. The fraction of sp³-hybridized carbons (Fsp3) is 0.364. The second-order valence-electron chi connectivity index (χ2n) is 4.09. The lowest BCUT2D eigenvalue weighted by Crippen LogP contribution is -2.20. The third-order valence-electron chi connectivity index (χ3n) is 2.36. The van der Waals surface area contributed by atoms with E-state index in [0.717, 1.165) is 16.8 Å². The van der Waals surface area contributed by atoms with Crippen LogP contribution >= 0.6 is 0 Å². The molecule has 2 aromatic rings. The standard InChI is InChI=1S/C11H14N2O/c1-8-7-12-13-9(8)5-4-6-10(13)11(2,3)14/h4-7,14H,1-3H3. The Morgan fingerprint density at radius 3 is 2.71 bits per heavy atom. The molecule has 3 heteroatoms. The van der Waals surface area contributed by atoms with E-state index in [1.54, 1.807) is 18.4 Å². The molecule has 14 heavy (non-hydrogen) atoms. The first-order chi connectivity index (χ1) is 6.50. The van der Waals surface area contributed by atoms with Crippen LogP contribution in [0.1, 0.15) is 25.1 Å². The van der Waals surface area contributed by atoms with E-state index >= 15 is 0 Å². The van der Waals surface area contributed by atoms with Gasteiger partial charge in [-0.25, -0.2) is 4.52 Å². The van der Waals surface area contributed by atoms with Gasteiger partial charge in [-0.1, -0.05) is 6.07 Å². The molecule has 0 saturated heterocycles. The predicted molar refractivity (Wildman–Crippen MR) is 55.2 cm³/mol. The van der Waals surface area contributed by atoms with Crippen molar-refractivity contribution < 1.29 is 5.11 Å². The van der Waals surface area contributed by atoms with Gasteiger partial charge in [0.15, 0.2) is 0 Å². The lowest BCUT2D eigenvalue weighted by atomic mass is 10.0. The summed E-state index contributed by atoms with van der Waals surface area (Å²) in [6.07, 6.45) is 1.81. The Morgan fingerprint density at radius 2 is 2.07 bits per heavy atom. The smallest absolute Gasteiger partial charge is 0.101 e. The van der Waals surface area contributed by atoms with E-state index in [1.165, 1.54) is 0 Å². The van der Waals surface area contributed by atoms with Crippen LogP contribution in [0.4, 0.5) is 0 Å². The topological polar surface area (TPSA) is 37.5 Å². The molecule has 0 aliphatic carbocycles. The van der Waals surface area contributed by atoms with Crippen molar-refractivity contribution in [3.8, 4) is 0 Å². The molecule has 2 aromatic heterocycles. The van der Waals surface area contributed by atoms with Crippen molar-refractivity contribution in [2.24, 2.45) is 0 Å². The molecule has 2 rings (SSSR count). The van der Waals surface area contributed by atoms with Crippen molar-refractivity contribution in [2.75, 3.05) is 0 Å². The largest absolute Gasteiger partial charge is 0.384 e. The highest BCUT2D eigenvalue weighted by atomic mass is 16.3. The van der Waals surface area contributed by atoms with Crippen LogP contribution in [0.3, 0.4) is 0 Å². The summed E-state index contributed by atoms with van der Waals surface area (Å²) in [5, 5.41) is 14.2. The Labute approximate surface area is 83.0 Å². The molecule has 0 atom stereocenters. The molecule has 0 spiro atoms. The molecule has 0 amide bonds. The molecule has 0 aliphatic rings. The Balaban J connectivity index is 2.79. The van der Waals surface area contributed by atoms with E-state index in [-0.39, 0.29) is 0 Å². The van der Waals surface area contributed by atoms with Crippen molar-refractivity contribution in [3.63, 3.8) is 0 Å². The molecule has 0 unspecified atom stereocenters. The third kappa shape index (κ3) is 1.30. The minimum absolute atomic E-state index is 0.808. The summed E-state index contributed by atoms with van der Waals surface area (Å²) >= 11 is 0. The van der Waals surface area contributed by atoms with Crippen LogP contribution in [0.25, 0.3) is 5.52 Å². The van der Waals surface area contributed by atoms with E-state index in [9.17, 15) is 5.11 Å². The summed E-state index contributed by atoms with van der Waals surface area (Å²) in [5.41, 5.74) is 2.11. The molecule has 0 fully saturated rings. The highest BCUT2D eigenvalue weighted by molar-refractivity contribution is 5.54. The molecular weight excluding hydrogens is 176 g/mol. The zero-order valence-corrected chi connectivity index (χ0v) is 8.65. The van der Waals surface area contributed by atoms with Gasteiger partial charge < -0.3 is 5.11 Å². The van der Waals surface area contributed by atoms with Crippen molar-refractivity contribution in [3.05, 3.63) is 35.7 Å². The van der Waals surface area contributed by atoms with E-state index in [2.05, 4.69) is 5.10 Å². The summed E-state index contributed by atoms with van der Waals surface area (Å²) in [4.78, 5) is 0. The number of pyridine rings is 1. The number of aliphatic hydroxyl groups is 1. The van der Waals surface area contributed by atoms with Crippen molar-refractivity contribution >= 4 is 5.52 Å². The first kappa shape index (κ1) is 9.21. The van der Waals surface area contributed by atoms with E-state index in [1.807, 2.05) is 31.3 Å². The summed E-state index contributed by atoms with van der Waals surface area (Å²) in [6, 6.07) is 5.83. The number of hydrogen-bond donors (Lipinski definition) is 1. The van der Waals surface area contributed by atoms with E-state index in [0.29, 0.717) is 0 Å². The Morgan fingerprint density at radius 1 is 1.36 bits per heavy atom. The third-order valence-corrected chi connectivity index (χ3v) is 2.36. The molecular formula is C11H14N2O.